The lowest BCUT2D eigenvalue weighted by atomic mass is 10.4. The maximum atomic E-state index is 9.89. The largest absolute Gasteiger partial charge is 0.192 e. The third-order valence-corrected chi connectivity index (χ3v) is 8.60. The van der Waals surface area contributed by atoms with E-state index in [0.29, 0.717) is 5.29 Å². The molecule has 3 aromatic rings. The Bertz CT molecular complexity index is 822. The maximum Gasteiger partial charge on any atom is 0.101 e. The van der Waals surface area contributed by atoms with Crippen LogP contribution in [0.25, 0.3) is 0 Å². The monoisotopic (exact) mass is 345 g/mol. The quantitative estimate of drug-likeness (QED) is 0.532. The summed E-state index contributed by atoms with van der Waals surface area (Å²) in [5.41, 5.74) is 0. The lowest BCUT2D eigenvalue weighted by Crippen LogP contribution is -2.30. The van der Waals surface area contributed by atoms with Gasteiger partial charge in [0.05, 0.1) is 5.29 Å². The predicted octanol–water partition coefficient (Wildman–Crippen LogP) is 3.68. The van der Waals surface area contributed by atoms with E-state index in [1.165, 1.54) is 0 Å². The van der Waals surface area contributed by atoms with E-state index >= 15 is 0 Å². The van der Waals surface area contributed by atoms with Crippen LogP contribution in [0.1, 0.15) is 0 Å². The minimum Gasteiger partial charge on any atom is -0.192 e. The van der Waals surface area contributed by atoms with Crippen LogP contribution >= 0.6 is 19.1 Å². The zero-order valence-corrected chi connectivity index (χ0v) is 14.8. The molecule has 0 aliphatic rings. The third kappa shape index (κ3) is 2.74. The first-order valence-corrected chi connectivity index (χ1v) is 9.88. The van der Waals surface area contributed by atoms with Crippen LogP contribution < -0.4 is 15.9 Å². The molecule has 0 N–H and O–H groups in total. The van der Waals surface area contributed by atoms with Crippen LogP contribution in [-0.2, 0) is 0 Å². The molecule has 24 heavy (non-hydrogen) atoms. The van der Waals surface area contributed by atoms with Crippen molar-refractivity contribution in [3.05, 3.63) is 91.0 Å². The van der Waals surface area contributed by atoms with Gasteiger partial charge in [-0.05, 0) is 22.8 Å². The maximum absolute atomic E-state index is 9.89. The normalized spacial score (nSPS) is 10.6. The first-order chi connectivity index (χ1) is 11.8. The van der Waals surface area contributed by atoms with Crippen molar-refractivity contribution >= 4 is 45.7 Å². The number of rotatable bonds is 4. The van der Waals surface area contributed by atoms with E-state index in [1.54, 1.807) is 5.37 Å². The summed E-state index contributed by atoms with van der Waals surface area (Å²) in [6, 6.07) is 33.1. The van der Waals surface area contributed by atoms with Gasteiger partial charge in [-0.25, -0.2) is 0 Å². The van der Waals surface area contributed by atoms with E-state index in [9.17, 15) is 5.26 Å². The highest BCUT2D eigenvalue weighted by molar-refractivity contribution is 7.98. The molecule has 3 rings (SSSR count). The van der Waals surface area contributed by atoms with Crippen molar-refractivity contribution in [3.63, 3.8) is 0 Å². The second kappa shape index (κ2) is 7.41. The summed E-state index contributed by atoms with van der Waals surface area (Å²) in [6.07, 6.45) is 0. The second-order valence-corrected chi connectivity index (χ2v) is 8.90. The van der Waals surface area contributed by atoms with Gasteiger partial charge in [0.2, 0.25) is 0 Å². The average Bonchev–Trinajstić information content (AvgIpc) is 2.68. The van der Waals surface area contributed by atoms with Crippen LogP contribution in [0, 0.1) is 11.3 Å². The fourth-order valence-electron chi connectivity index (χ4n) is 3.00. The van der Waals surface area contributed by atoms with Gasteiger partial charge in [0, 0.05) is 5.37 Å². The first-order valence-electron chi connectivity index (χ1n) is 7.62. The average molecular weight is 345 g/mol. The van der Waals surface area contributed by atoms with Gasteiger partial charge in [-0.15, -0.1) is 0 Å². The molecule has 0 aromatic heterocycles. The molecule has 1 nitrogen and oxygen atoms in total. The van der Waals surface area contributed by atoms with E-state index in [0.717, 1.165) is 15.9 Å². The number of hydrogen-bond acceptors (Lipinski definition) is 2. The molecule has 3 aromatic carbocycles. The Morgan fingerprint density at radius 3 is 1.29 bits per heavy atom. The van der Waals surface area contributed by atoms with Gasteiger partial charge in [-0.2, -0.15) is 5.26 Å². The van der Waals surface area contributed by atoms with Gasteiger partial charge in [-0.3, -0.25) is 0 Å². The van der Waals surface area contributed by atoms with Gasteiger partial charge >= 0.3 is 0 Å². The molecule has 3 heteroatoms. The molecule has 0 aliphatic heterocycles. The molecule has 0 unspecified atom stereocenters. The molecule has 0 heterocycles. The molecular weight excluding hydrogens is 329 g/mol. The fraction of sp³-hybridized carbons (Fsp3) is 0. The van der Waals surface area contributed by atoms with Crippen molar-refractivity contribution in [1.29, 1.82) is 5.26 Å². The topological polar surface area (TPSA) is 23.8 Å². The highest BCUT2D eigenvalue weighted by Gasteiger charge is 2.28. The lowest BCUT2D eigenvalue weighted by molar-refractivity contribution is 1.56. The Kier molecular flexibility index (Phi) is 5.06. The Hall–Kier alpha value is -2.46. The van der Waals surface area contributed by atoms with Crippen LogP contribution in [0.4, 0.5) is 0 Å². The second-order valence-electron chi connectivity index (χ2n) is 5.29. The fourth-order valence-corrected chi connectivity index (χ4v) is 7.42. The van der Waals surface area contributed by atoms with Crippen molar-refractivity contribution in [2.75, 3.05) is 0 Å². The SMILES string of the molecule is N#CC(C=S)=P(c1ccccc1)(c1ccccc1)c1ccccc1. The van der Waals surface area contributed by atoms with E-state index in [-0.39, 0.29) is 0 Å². The summed E-state index contributed by atoms with van der Waals surface area (Å²) in [4.78, 5) is 0. The van der Waals surface area contributed by atoms with Gasteiger partial charge in [0.15, 0.2) is 0 Å². The molecule has 116 valence electrons. The summed E-state index contributed by atoms with van der Waals surface area (Å²) in [5.74, 6) is 0. The molecule has 0 saturated carbocycles. The summed E-state index contributed by atoms with van der Waals surface area (Å²) in [7, 11) is 0. The summed E-state index contributed by atoms with van der Waals surface area (Å²) in [5, 5.41) is 15.5. The minimum absolute atomic E-state index is 0.654. The number of thiocarbonyl (C=S) groups is 1. The van der Waals surface area contributed by atoms with Crippen molar-refractivity contribution in [3.8, 4) is 6.07 Å². The molecule has 0 saturated heterocycles. The smallest absolute Gasteiger partial charge is 0.101 e. The standard InChI is InChI=1S/C21H16NPS/c22-16-21(17-24)23(18-10-4-1-5-11-18,19-12-6-2-7-13-19)20-14-8-3-9-15-20/h1-15,17H. The summed E-state index contributed by atoms with van der Waals surface area (Å²) in [6.45, 7) is -2.27. The number of benzene rings is 3. The van der Waals surface area contributed by atoms with Crippen LogP contribution in [0.5, 0.6) is 0 Å². The van der Waals surface area contributed by atoms with E-state index in [2.05, 4.69) is 42.5 Å². The van der Waals surface area contributed by atoms with Crippen LogP contribution in [0.2, 0.25) is 0 Å². The van der Waals surface area contributed by atoms with Crippen molar-refractivity contribution in [2.24, 2.45) is 0 Å². The number of hydrogen-bond donors (Lipinski definition) is 0. The molecule has 0 amide bonds. The van der Waals surface area contributed by atoms with Crippen LogP contribution in [-0.4, -0.2) is 10.7 Å². The van der Waals surface area contributed by atoms with Gasteiger partial charge in [0.25, 0.3) is 0 Å². The molecule has 0 bridgehead atoms. The summed E-state index contributed by atoms with van der Waals surface area (Å²) < 4.78 is 0. The third-order valence-electron chi connectivity index (χ3n) is 4.02. The van der Waals surface area contributed by atoms with Gasteiger partial charge in [0.1, 0.15) is 6.07 Å². The Morgan fingerprint density at radius 1 is 0.708 bits per heavy atom. The highest BCUT2D eigenvalue weighted by atomic mass is 32.1. The molecular formula is C21H16NPS. The predicted molar refractivity (Wildman–Crippen MR) is 109 cm³/mol. The summed E-state index contributed by atoms with van der Waals surface area (Å²) >= 11 is 5.26. The van der Waals surface area contributed by atoms with Crippen LogP contribution in [0.15, 0.2) is 91.0 Å². The highest BCUT2D eigenvalue weighted by Crippen LogP contribution is 2.45. The number of nitrogens with zero attached hydrogens (tertiary/aromatic N) is 1. The van der Waals surface area contributed by atoms with Crippen molar-refractivity contribution in [1.82, 2.24) is 0 Å². The molecule has 0 aliphatic carbocycles. The molecule has 0 radical (unpaired) electrons. The Morgan fingerprint density at radius 2 is 1.04 bits per heavy atom. The number of nitriles is 1. The lowest BCUT2D eigenvalue weighted by Gasteiger charge is -2.29. The Balaban J connectivity index is 2.56. The zero-order chi connectivity index (χ0) is 16.8. The molecule has 0 spiro atoms. The Labute approximate surface area is 148 Å². The van der Waals surface area contributed by atoms with E-state index in [1.807, 2.05) is 54.6 Å². The molecule has 0 fully saturated rings. The minimum atomic E-state index is -2.27. The van der Waals surface area contributed by atoms with Gasteiger partial charge in [-0.1, -0.05) is 103 Å². The van der Waals surface area contributed by atoms with Crippen LogP contribution in [0.3, 0.4) is 0 Å². The van der Waals surface area contributed by atoms with E-state index in [4.69, 9.17) is 12.2 Å². The zero-order valence-electron chi connectivity index (χ0n) is 13.0. The molecule has 0 atom stereocenters. The van der Waals surface area contributed by atoms with Crippen molar-refractivity contribution in [2.45, 2.75) is 0 Å². The van der Waals surface area contributed by atoms with E-state index < -0.39 is 6.89 Å². The first kappa shape index (κ1) is 16.4. The van der Waals surface area contributed by atoms with Crippen molar-refractivity contribution < 1.29 is 0 Å². The van der Waals surface area contributed by atoms with Gasteiger partial charge < -0.3 is 0 Å².